The van der Waals surface area contributed by atoms with Gasteiger partial charge in [0.1, 0.15) is 5.75 Å². The van der Waals surface area contributed by atoms with Crippen molar-refractivity contribution in [3.63, 3.8) is 0 Å². The van der Waals surface area contributed by atoms with E-state index in [0.29, 0.717) is 0 Å². The first-order valence-corrected chi connectivity index (χ1v) is 3.47. The molecule has 1 rings (SSSR count). The molecule has 1 aromatic rings. The van der Waals surface area contributed by atoms with Crippen molar-refractivity contribution < 1.29 is 5.11 Å². The summed E-state index contributed by atoms with van der Waals surface area (Å²) in [5, 5.41) is 18.6. The van der Waals surface area contributed by atoms with Crippen LogP contribution in [0.15, 0.2) is 24.3 Å². The summed E-state index contributed by atoms with van der Waals surface area (Å²) in [5.41, 5.74) is 0.739. The highest BCUT2D eigenvalue weighted by molar-refractivity contribution is 14.0. The monoisotopic (exact) mass is 296 g/mol. The van der Waals surface area contributed by atoms with E-state index in [9.17, 15) is 0 Å². The van der Waals surface area contributed by atoms with Crippen LogP contribution in [-0.4, -0.2) is 10.3 Å². The normalized spacial score (nSPS) is 8.42. The van der Waals surface area contributed by atoms with Gasteiger partial charge < -0.3 is 10.4 Å². The SMILES string of the molecule is I.N=C(S)Nc1ccc(O)cc1. The zero-order chi connectivity index (χ0) is 8.27. The van der Waals surface area contributed by atoms with E-state index in [1.54, 1.807) is 24.3 Å². The quantitative estimate of drug-likeness (QED) is 0.211. The fourth-order valence-electron chi connectivity index (χ4n) is 0.681. The standard InChI is InChI=1S/C7H8N2OS.HI/c8-7(11)9-5-1-3-6(10)4-2-5;/h1-4,10H,(H3,8,9,11);1H. The molecule has 1 aromatic carbocycles. The number of phenols is 1. The summed E-state index contributed by atoms with van der Waals surface area (Å²) in [7, 11) is 0. The van der Waals surface area contributed by atoms with Crippen molar-refractivity contribution in [2.45, 2.75) is 0 Å². The van der Waals surface area contributed by atoms with E-state index in [0.717, 1.165) is 5.69 Å². The molecule has 0 atom stereocenters. The molecule has 0 saturated heterocycles. The largest absolute Gasteiger partial charge is 0.508 e. The number of halogens is 1. The number of aromatic hydroxyl groups is 1. The highest BCUT2D eigenvalue weighted by atomic mass is 127. The van der Waals surface area contributed by atoms with Crippen LogP contribution in [0.4, 0.5) is 5.69 Å². The van der Waals surface area contributed by atoms with Crippen molar-refractivity contribution in [1.29, 1.82) is 5.41 Å². The minimum Gasteiger partial charge on any atom is -0.508 e. The number of rotatable bonds is 1. The van der Waals surface area contributed by atoms with Gasteiger partial charge in [-0.2, -0.15) is 0 Å². The Bertz CT molecular complexity index is 263. The lowest BCUT2D eigenvalue weighted by molar-refractivity contribution is 0.475. The third kappa shape index (κ3) is 3.82. The summed E-state index contributed by atoms with van der Waals surface area (Å²) in [6, 6.07) is 6.41. The van der Waals surface area contributed by atoms with E-state index in [1.165, 1.54) is 0 Å². The number of amidine groups is 1. The highest BCUT2D eigenvalue weighted by Crippen LogP contribution is 2.13. The van der Waals surface area contributed by atoms with Crippen LogP contribution in [0, 0.1) is 5.41 Å². The van der Waals surface area contributed by atoms with Crippen LogP contribution >= 0.6 is 36.6 Å². The Morgan fingerprint density at radius 3 is 2.25 bits per heavy atom. The fourth-order valence-corrected chi connectivity index (χ4v) is 0.811. The molecule has 0 aliphatic carbocycles. The summed E-state index contributed by atoms with van der Waals surface area (Å²) in [6.45, 7) is 0. The van der Waals surface area contributed by atoms with Crippen molar-refractivity contribution in [3.8, 4) is 5.75 Å². The van der Waals surface area contributed by atoms with E-state index >= 15 is 0 Å². The Morgan fingerprint density at radius 2 is 1.83 bits per heavy atom. The third-order valence-corrected chi connectivity index (χ3v) is 1.24. The van der Waals surface area contributed by atoms with E-state index in [2.05, 4.69) is 17.9 Å². The summed E-state index contributed by atoms with van der Waals surface area (Å²) >= 11 is 3.75. The molecule has 0 radical (unpaired) electrons. The Balaban J connectivity index is 0.00000121. The van der Waals surface area contributed by atoms with Gasteiger partial charge in [0.25, 0.3) is 0 Å². The summed E-state index contributed by atoms with van der Waals surface area (Å²) in [6.07, 6.45) is 0. The van der Waals surface area contributed by atoms with Gasteiger partial charge >= 0.3 is 0 Å². The second kappa shape index (κ2) is 5.26. The molecule has 0 unspecified atom stereocenters. The number of benzene rings is 1. The van der Waals surface area contributed by atoms with Crippen molar-refractivity contribution in [3.05, 3.63) is 24.3 Å². The number of phenolic OH excluding ortho intramolecular Hbond substituents is 1. The molecule has 0 spiro atoms. The molecule has 3 nitrogen and oxygen atoms in total. The van der Waals surface area contributed by atoms with Gasteiger partial charge in [0.15, 0.2) is 5.17 Å². The second-order valence-electron chi connectivity index (χ2n) is 2.02. The number of nitrogens with one attached hydrogen (secondary N) is 2. The predicted molar refractivity (Wildman–Crippen MR) is 63.9 cm³/mol. The molecule has 0 saturated carbocycles. The minimum atomic E-state index is 0. The molecule has 12 heavy (non-hydrogen) atoms. The first kappa shape index (κ1) is 11.6. The summed E-state index contributed by atoms with van der Waals surface area (Å²) in [5.74, 6) is 0.209. The van der Waals surface area contributed by atoms with E-state index in [-0.39, 0.29) is 34.9 Å². The van der Waals surface area contributed by atoms with Crippen molar-refractivity contribution in [2.24, 2.45) is 0 Å². The van der Waals surface area contributed by atoms with Crippen molar-refractivity contribution >= 4 is 47.5 Å². The lowest BCUT2D eigenvalue weighted by Crippen LogP contribution is -2.01. The zero-order valence-corrected chi connectivity index (χ0v) is 9.34. The summed E-state index contributed by atoms with van der Waals surface area (Å²) in [4.78, 5) is 0. The van der Waals surface area contributed by atoms with Gasteiger partial charge in [0.05, 0.1) is 0 Å². The zero-order valence-electron chi connectivity index (χ0n) is 6.11. The van der Waals surface area contributed by atoms with Gasteiger partial charge in [0, 0.05) is 5.69 Å². The van der Waals surface area contributed by atoms with Crippen molar-refractivity contribution in [2.75, 3.05) is 5.32 Å². The average molecular weight is 296 g/mol. The average Bonchev–Trinajstić information content (AvgIpc) is 1.93. The van der Waals surface area contributed by atoms with Gasteiger partial charge in [-0.1, -0.05) is 0 Å². The highest BCUT2D eigenvalue weighted by Gasteiger charge is 1.91. The molecule has 0 aliphatic heterocycles. The van der Waals surface area contributed by atoms with E-state index < -0.39 is 0 Å². The molecule has 0 amide bonds. The smallest absolute Gasteiger partial charge is 0.155 e. The van der Waals surface area contributed by atoms with Crippen LogP contribution in [0.2, 0.25) is 0 Å². The Kier molecular flexibility index (Phi) is 5.07. The number of anilines is 1. The predicted octanol–water partition coefficient (Wildman–Crippen LogP) is 2.29. The van der Waals surface area contributed by atoms with Crippen LogP contribution < -0.4 is 5.32 Å². The van der Waals surface area contributed by atoms with Crippen LogP contribution in [-0.2, 0) is 0 Å². The molecule has 0 bridgehead atoms. The lowest BCUT2D eigenvalue weighted by atomic mass is 10.3. The van der Waals surface area contributed by atoms with Crippen molar-refractivity contribution in [1.82, 2.24) is 0 Å². The third-order valence-electron chi connectivity index (χ3n) is 1.13. The topological polar surface area (TPSA) is 56.1 Å². The molecule has 5 heteroatoms. The van der Waals surface area contributed by atoms with Gasteiger partial charge in [0.2, 0.25) is 0 Å². The molecule has 0 aromatic heterocycles. The van der Waals surface area contributed by atoms with Crippen LogP contribution in [0.3, 0.4) is 0 Å². The maximum Gasteiger partial charge on any atom is 0.155 e. The second-order valence-corrected chi connectivity index (χ2v) is 2.47. The molecule has 3 N–H and O–H groups in total. The number of hydrogen-bond donors (Lipinski definition) is 4. The molecular weight excluding hydrogens is 287 g/mol. The first-order chi connectivity index (χ1) is 5.18. The Hall–Kier alpha value is -0.430. The number of thiol groups is 1. The minimum absolute atomic E-state index is 0. The summed E-state index contributed by atoms with van der Waals surface area (Å²) < 4.78 is 0. The first-order valence-electron chi connectivity index (χ1n) is 3.02. The fraction of sp³-hybridized carbons (Fsp3) is 0. The molecule has 0 fully saturated rings. The van der Waals surface area contributed by atoms with Crippen LogP contribution in [0.1, 0.15) is 0 Å². The molecule has 0 aliphatic rings. The maximum absolute atomic E-state index is 8.89. The van der Waals surface area contributed by atoms with Crippen LogP contribution in [0.5, 0.6) is 5.75 Å². The Labute approximate surface area is 93.1 Å². The van der Waals surface area contributed by atoms with Gasteiger partial charge in [-0.3, -0.25) is 5.41 Å². The van der Waals surface area contributed by atoms with Crippen LogP contribution in [0.25, 0.3) is 0 Å². The molecule has 66 valence electrons. The van der Waals surface area contributed by atoms with Gasteiger partial charge in [-0.25, -0.2) is 0 Å². The van der Waals surface area contributed by atoms with E-state index in [4.69, 9.17) is 10.5 Å². The Morgan fingerprint density at radius 1 is 1.33 bits per heavy atom. The molecule has 0 heterocycles. The maximum atomic E-state index is 8.89. The van der Waals surface area contributed by atoms with Gasteiger partial charge in [-0.15, -0.1) is 36.6 Å². The van der Waals surface area contributed by atoms with Gasteiger partial charge in [-0.05, 0) is 24.3 Å². The lowest BCUT2D eigenvalue weighted by Gasteiger charge is -2.01. The molecular formula is C7H9IN2OS. The number of hydrogen-bond acceptors (Lipinski definition) is 2. The van der Waals surface area contributed by atoms with E-state index in [1.807, 2.05) is 0 Å².